The minimum Gasteiger partial charge on any atom is -0.385 e. The minimum atomic E-state index is -0.561. The zero-order valence-corrected chi connectivity index (χ0v) is 7.65. The number of nitrogens with one attached hydrogen (secondary N) is 1. The minimum absolute atomic E-state index is 0.0773. The molecule has 0 atom stereocenters. The molecule has 1 N–H and O–H groups in total. The van der Waals surface area contributed by atoms with Crippen LogP contribution in [0.1, 0.15) is 12.5 Å². The van der Waals surface area contributed by atoms with Crippen molar-refractivity contribution in [3.8, 4) is 6.07 Å². The van der Waals surface area contributed by atoms with E-state index in [0.717, 1.165) is 5.69 Å². The lowest BCUT2D eigenvalue weighted by Gasteiger charge is -2.02. The SMILES string of the molecule is CCNc1ccc([N+](=O)[O-])c(C#N)c1. The van der Waals surface area contributed by atoms with E-state index < -0.39 is 4.92 Å². The molecule has 5 heteroatoms. The van der Waals surface area contributed by atoms with Crippen LogP contribution in [0.4, 0.5) is 11.4 Å². The number of benzene rings is 1. The molecule has 14 heavy (non-hydrogen) atoms. The summed E-state index contributed by atoms with van der Waals surface area (Å²) in [5, 5.41) is 22.1. The van der Waals surface area contributed by atoms with Gasteiger partial charge in [-0.3, -0.25) is 10.1 Å². The molecule has 1 aromatic rings. The Balaban J connectivity index is 3.13. The molecular weight excluding hydrogens is 182 g/mol. The molecule has 0 bridgehead atoms. The van der Waals surface area contributed by atoms with Gasteiger partial charge in [-0.25, -0.2) is 0 Å². The zero-order chi connectivity index (χ0) is 10.6. The molecule has 0 fully saturated rings. The summed E-state index contributed by atoms with van der Waals surface area (Å²) in [6, 6.07) is 6.18. The third kappa shape index (κ3) is 1.98. The van der Waals surface area contributed by atoms with Crippen LogP contribution in [-0.2, 0) is 0 Å². The molecule has 1 rings (SSSR count). The molecule has 0 aromatic heterocycles. The van der Waals surface area contributed by atoms with Crippen LogP contribution in [0.15, 0.2) is 18.2 Å². The lowest BCUT2D eigenvalue weighted by Crippen LogP contribution is -1.98. The summed E-state index contributed by atoms with van der Waals surface area (Å²) in [6.07, 6.45) is 0. The first-order valence-corrected chi connectivity index (χ1v) is 4.11. The van der Waals surface area contributed by atoms with Crippen molar-refractivity contribution in [2.45, 2.75) is 6.92 Å². The van der Waals surface area contributed by atoms with Crippen molar-refractivity contribution in [2.24, 2.45) is 0 Å². The van der Waals surface area contributed by atoms with Crippen LogP contribution in [0.2, 0.25) is 0 Å². The van der Waals surface area contributed by atoms with Gasteiger partial charge in [0.1, 0.15) is 11.6 Å². The summed E-state index contributed by atoms with van der Waals surface area (Å²) >= 11 is 0. The smallest absolute Gasteiger partial charge is 0.287 e. The normalized spacial score (nSPS) is 9.14. The largest absolute Gasteiger partial charge is 0.385 e. The van der Waals surface area contributed by atoms with Gasteiger partial charge in [0, 0.05) is 18.3 Å². The summed E-state index contributed by atoms with van der Waals surface area (Å²) < 4.78 is 0. The van der Waals surface area contributed by atoms with Crippen LogP contribution in [-0.4, -0.2) is 11.5 Å². The van der Waals surface area contributed by atoms with E-state index in [4.69, 9.17) is 5.26 Å². The van der Waals surface area contributed by atoms with Gasteiger partial charge in [-0.15, -0.1) is 0 Å². The van der Waals surface area contributed by atoms with E-state index in [1.54, 1.807) is 12.1 Å². The predicted octanol–water partition coefficient (Wildman–Crippen LogP) is 1.90. The number of rotatable bonds is 3. The summed E-state index contributed by atoms with van der Waals surface area (Å²) in [6.45, 7) is 2.62. The molecule has 1 aromatic carbocycles. The molecule has 0 heterocycles. The topological polar surface area (TPSA) is 79.0 Å². The van der Waals surface area contributed by atoms with Crippen LogP contribution in [0.5, 0.6) is 0 Å². The second kappa shape index (κ2) is 4.23. The summed E-state index contributed by atoms with van der Waals surface area (Å²) in [7, 11) is 0. The molecule has 72 valence electrons. The van der Waals surface area contributed by atoms with Crippen molar-refractivity contribution in [1.82, 2.24) is 0 Å². The monoisotopic (exact) mass is 191 g/mol. The van der Waals surface area contributed by atoms with Crippen molar-refractivity contribution >= 4 is 11.4 Å². The Morgan fingerprint density at radius 3 is 2.86 bits per heavy atom. The average Bonchev–Trinajstić information content (AvgIpc) is 2.17. The Labute approximate surface area is 81.1 Å². The lowest BCUT2D eigenvalue weighted by molar-refractivity contribution is -0.385. The molecule has 0 saturated heterocycles. The molecule has 0 amide bonds. The lowest BCUT2D eigenvalue weighted by atomic mass is 10.2. The summed E-state index contributed by atoms with van der Waals surface area (Å²) in [4.78, 5) is 9.92. The predicted molar refractivity (Wildman–Crippen MR) is 52.0 cm³/mol. The second-order valence-electron chi connectivity index (χ2n) is 2.63. The Hall–Kier alpha value is -2.09. The molecule has 0 aliphatic rings. The second-order valence-corrected chi connectivity index (χ2v) is 2.63. The Kier molecular flexibility index (Phi) is 3.02. The molecule has 5 nitrogen and oxygen atoms in total. The van der Waals surface area contributed by atoms with Gasteiger partial charge in [0.15, 0.2) is 0 Å². The first-order chi connectivity index (χ1) is 6.69. The van der Waals surface area contributed by atoms with Gasteiger partial charge in [0.05, 0.1) is 4.92 Å². The van der Waals surface area contributed by atoms with E-state index in [1.807, 2.05) is 6.92 Å². The van der Waals surface area contributed by atoms with Gasteiger partial charge in [0.2, 0.25) is 0 Å². The number of nitrogens with zero attached hydrogens (tertiary/aromatic N) is 2. The van der Waals surface area contributed by atoms with Gasteiger partial charge in [0.25, 0.3) is 5.69 Å². The van der Waals surface area contributed by atoms with E-state index in [-0.39, 0.29) is 11.3 Å². The zero-order valence-electron chi connectivity index (χ0n) is 7.65. The summed E-state index contributed by atoms with van der Waals surface area (Å²) in [5.74, 6) is 0. The Morgan fingerprint density at radius 2 is 2.36 bits per heavy atom. The van der Waals surface area contributed by atoms with E-state index in [0.29, 0.717) is 6.54 Å². The van der Waals surface area contributed by atoms with E-state index >= 15 is 0 Å². The number of hydrogen-bond acceptors (Lipinski definition) is 4. The van der Waals surface area contributed by atoms with E-state index in [9.17, 15) is 10.1 Å². The number of nitro groups is 1. The fourth-order valence-corrected chi connectivity index (χ4v) is 1.10. The third-order valence-electron chi connectivity index (χ3n) is 1.69. The molecule has 0 radical (unpaired) electrons. The highest BCUT2D eigenvalue weighted by molar-refractivity contribution is 5.58. The fraction of sp³-hybridized carbons (Fsp3) is 0.222. The Morgan fingerprint density at radius 1 is 1.64 bits per heavy atom. The quantitative estimate of drug-likeness (QED) is 0.584. The molecular formula is C9H9N3O2. The van der Waals surface area contributed by atoms with E-state index in [2.05, 4.69) is 5.32 Å². The van der Waals surface area contributed by atoms with Crippen molar-refractivity contribution in [1.29, 1.82) is 5.26 Å². The number of nitriles is 1. The van der Waals surface area contributed by atoms with Gasteiger partial charge < -0.3 is 5.32 Å². The maximum absolute atomic E-state index is 10.5. The highest BCUT2D eigenvalue weighted by Crippen LogP contribution is 2.21. The van der Waals surface area contributed by atoms with Gasteiger partial charge in [-0.2, -0.15) is 5.26 Å². The number of nitro benzene ring substituents is 1. The van der Waals surface area contributed by atoms with Gasteiger partial charge in [-0.1, -0.05) is 0 Å². The number of hydrogen-bond donors (Lipinski definition) is 1. The molecule has 0 aliphatic heterocycles. The maximum Gasteiger partial charge on any atom is 0.287 e. The van der Waals surface area contributed by atoms with Crippen LogP contribution < -0.4 is 5.32 Å². The van der Waals surface area contributed by atoms with Crippen molar-refractivity contribution in [3.05, 3.63) is 33.9 Å². The summed E-state index contributed by atoms with van der Waals surface area (Å²) in [5.41, 5.74) is 0.636. The van der Waals surface area contributed by atoms with Crippen molar-refractivity contribution in [3.63, 3.8) is 0 Å². The Bertz CT molecular complexity index is 396. The third-order valence-corrected chi connectivity index (χ3v) is 1.69. The average molecular weight is 191 g/mol. The first-order valence-electron chi connectivity index (χ1n) is 4.11. The molecule has 0 spiro atoms. The highest BCUT2D eigenvalue weighted by Gasteiger charge is 2.12. The molecule has 0 unspecified atom stereocenters. The standard InChI is InChI=1S/C9H9N3O2/c1-2-11-8-3-4-9(12(13)14)7(5-8)6-10/h3-5,11H,2H2,1H3. The number of anilines is 1. The molecule has 0 saturated carbocycles. The van der Waals surface area contributed by atoms with Crippen LogP contribution in [0.25, 0.3) is 0 Å². The van der Waals surface area contributed by atoms with E-state index in [1.165, 1.54) is 12.1 Å². The fourth-order valence-electron chi connectivity index (χ4n) is 1.10. The van der Waals surface area contributed by atoms with Crippen LogP contribution in [0.3, 0.4) is 0 Å². The van der Waals surface area contributed by atoms with Crippen molar-refractivity contribution < 1.29 is 4.92 Å². The van der Waals surface area contributed by atoms with Crippen molar-refractivity contribution in [2.75, 3.05) is 11.9 Å². The van der Waals surface area contributed by atoms with Crippen LogP contribution >= 0.6 is 0 Å². The first kappa shape index (κ1) is 9.99. The van der Waals surface area contributed by atoms with Gasteiger partial charge in [-0.05, 0) is 19.1 Å². The highest BCUT2D eigenvalue weighted by atomic mass is 16.6. The van der Waals surface area contributed by atoms with Crippen LogP contribution in [0, 0.1) is 21.4 Å². The molecule has 0 aliphatic carbocycles. The maximum atomic E-state index is 10.5. The van der Waals surface area contributed by atoms with Gasteiger partial charge >= 0.3 is 0 Å².